The SMILES string of the molecule is CC(C)(C)OC(=O)N[C@H]1CN(C(=O)O)CC[C@H]2CC[C@@H](C(=O)NC(CCC(N)=O)C(=O)NC(c3ccccc3)c3ccccc3)N2C1=O. The average molecular weight is 665 g/mol. The van der Waals surface area contributed by atoms with Crippen LogP contribution in [0.15, 0.2) is 60.7 Å². The number of nitrogens with two attached hydrogens (primary N) is 1. The number of nitrogens with one attached hydrogen (secondary N) is 3. The third kappa shape index (κ3) is 9.46. The highest BCUT2D eigenvalue weighted by molar-refractivity contribution is 5.95. The van der Waals surface area contributed by atoms with Crippen molar-refractivity contribution in [3.05, 3.63) is 71.8 Å². The summed E-state index contributed by atoms with van der Waals surface area (Å²) < 4.78 is 5.31. The number of alkyl carbamates (subject to hydrolysis) is 1. The van der Waals surface area contributed by atoms with E-state index in [0.717, 1.165) is 16.0 Å². The quantitative estimate of drug-likeness (QED) is 0.255. The molecular formula is C34H44N6O8. The van der Waals surface area contributed by atoms with Gasteiger partial charge in [0, 0.05) is 19.0 Å². The first-order chi connectivity index (χ1) is 22.7. The summed E-state index contributed by atoms with van der Waals surface area (Å²) in [5.74, 6) is -2.44. The molecule has 0 radical (unpaired) electrons. The Kier molecular flexibility index (Phi) is 11.6. The Morgan fingerprint density at radius 1 is 0.938 bits per heavy atom. The predicted molar refractivity (Wildman–Crippen MR) is 174 cm³/mol. The molecule has 2 saturated heterocycles. The zero-order valence-corrected chi connectivity index (χ0v) is 27.4. The van der Waals surface area contributed by atoms with Gasteiger partial charge in [-0.1, -0.05) is 60.7 Å². The van der Waals surface area contributed by atoms with E-state index in [9.17, 15) is 33.9 Å². The molecule has 2 aromatic rings. The second-order valence-corrected chi connectivity index (χ2v) is 13.0. The number of carboxylic acid groups (broad SMARTS) is 1. The monoisotopic (exact) mass is 664 g/mol. The van der Waals surface area contributed by atoms with E-state index in [-0.39, 0.29) is 38.8 Å². The Hall–Kier alpha value is -5.14. The normalized spacial score (nSPS) is 20.2. The fraction of sp³-hybridized carbons (Fsp3) is 0.471. The van der Waals surface area contributed by atoms with E-state index in [4.69, 9.17) is 10.5 Å². The lowest BCUT2D eigenvalue weighted by atomic mass is 9.98. The van der Waals surface area contributed by atoms with Gasteiger partial charge in [0.1, 0.15) is 23.7 Å². The van der Waals surface area contributed by atoms with Crippen LogP contribution in [-0.2, 0) is 23.9 Å². The van der Waals surface area contributed by atoms with Crippen LogP contribution in [0.4, 0.5) is 9.59 Å². The minimum atomic E-state index is -1.32. The first kappa shape index (κ1) is 35.7. The summed E-state index contributed by atoms with van der Waals surface area (Å²) in [6.45, 7) is 4.70. The molecule has 0 bridgehead atoms. The van der Waals surface area contributed by atoms with Gasteiger partial charge in [0.25, 0.3) is 0 Å². The van der Waals surface area contributed by atoms with Crippen molar-refractivity contribution >= 4 is 35.8 Å². The molecule has 0 aliphatic carbocycles. The van der Waals surface area contributed by atoms with Crippen molar-refractivity contribution in [2.24, 2.45) is 5.73 Å². The van der Waals surface area contributed by atoms with Crippen molar-refractivity contribution in [1.29, 1.82) is 0 Å². The summed E-state index contributed by atoms with van der Waals surface area (Å²) in [4.78, 5) is 80.5. The van der Waals surface area contributed by atoms with Crippen LogP contribution in [0.5, 0.6) is 0 Å². The zero-order valence-electron chi connectivity index (χ0n) is 27.4. The lowest BCUT2D eigenvalue weighted by Gasteiger charge is -2.38. The lowest BCUT2D eigenvalue weighted by molar-refractivity contribution is -0.144. The van der Waals surface area contributed by atoms with Gasteiger partial charge >= 0.3 is 12.2 Å². The number of fused-ring (bicyclic) bond motifs is 1. The summed E-state index contributed by atoms with van der Waals surface area (Å²) in [6.07, 6.45) is -1.48. The summed E-state index contributed by atoms with van der Waals surface area (Å²) in [7, 11) is 0. The maximum Gasteiger partial charge on any atom is 0.408 e. The molecule has 48 heavy (non-hydrogen) atoms. The Morgan fingerprint density at radius 3 is 2.08 bits per heavy atom. The van der Waals surface area contributed by atoms with Gasteiger partial charge in [-0.05, 0) is 57.6 Å². The number of ether oxygens (including phenoxy) is 1. The maximum absolute atomic E-state index is 14.0. The molecule has 258 valence electrons. The number of primary amides is 1. The third-order valence-electron chi connectivity index (χ3n) is 8.32. The Morgan fingerprint density at radius 2 is 1.54 bits per heavy atom. The van der Waals surface area contributed by atoms with Crippen molar-refractivity contribution in [1.82, 2.24) is 25.8 Å². The van der Waals surface area contributed by atoms with E-state index in [1.807, 2.05) is 60.7 Å². The minimum Gasteiger partial charge on any atom is -0.465 e. The number of hydrogen-bond donors (Lipinski definition) is 5. The van der Waals surface area contributed by atoms with Gasteiger partial charge in [0.15, 0.2) is 0 Å². The largest absolute Gasteiger partial charge is 0.465 e. The highest BCUT2D eigenvalue weighted by atomic mass is 16.6. The molecule has 4 atom stereocenters. The van der Waals surface area contributed by atoms with E-state index >= 15 is 0 Å². The van der Waals surface area contributed by atoms with Crippen LogP contribution in [0.2, 0.25) is 0 Å². The molecule has 6 amide bonds. The summed E-state index contributed by atoms with van der Waals surface area (Å²) in [6, 6.07) is 14.0. The molecule has 6 N–H and O–H groups in total. The Bertz CT molecular complexity index is 1440. The Balaban J connectivity index is 1.56. The number of hydrogen-bond acceptors (Lipinski definition) is 7. The van der Waals surface area contributed by atoms with E-state index in [2.05, 4.69) is 16.0 Å². The molecule has 0 aromatic heterocycles. The van der Waals surface area contributed by atoms with Gasteiger partial charge in [-0.3, -0.25) is 19.2 Å². The predicted octanol–water partition coefficient (Wildman–Crippen LogP) is 2.28. The van der Waals surface area contributed by atoms with Crippen LogP contribution in [-0.4, -0.2) is 93.6 Å². The van der Waals surface area contributed by atoms with Crippen LogP contribution in [0.25, 0.3) is 0 Å². The molecule has 4 rings (SSSR count). The molecule has 2 fully saturated rings. The van der Waals surface area contributed by atoms with Gasteiger partial charge in [0.05, 0.1) is 12.6 Å². The van der Waals surface area contributed by atoms with Crippen LogP contribution >= 0.6 is 0 Å². The van der Waals surface area contributed by atoms with Crippen molar-refractivity contribution in [3.63, 3.8) is 0 Å². The van der Waals surface area contributed by atoms with Gasteiger partial charge in [0.2, 0.25) is 23.6 Å². The van der Waals surface area contributed by atoms with Crippen molar-refractivity contribution in [3.8, 4) is 0 Å². The van der Waals surface area contributed by atoms with Crippen LogP contribution in [0.1, 0.15) is 70.0 Å². The van der Waals surface area contributed by atoms with Gasteiger partial charge in [-0.15, -0.1) is 0 Å². The maximum atomic E-state index is 14.0. The number of carbonyl (C=O) groups is 6. The smallest absolute Gasteiger partial charge is 0.408 e. The molecule has 14 heteroatoms. The Labute approximate surface area is 279 Å². The highest BCUT2D eigenvalue weighted by Crippen LogP contribution is 2.30. The van der Waals surface area contributed by atoms with Crippen LogP contribution in [0.3, 0.4) is 0 Å². The second-order valence-electron chi connectivity index (χ2n) is 13.0. The van der Waals surface area contributed by atoms with Crippen molar-refractivity contribution < 1.29 is 38.6 Å². The fourth-order valence-corrected chi connectivity index (χ4v) is 6.08. The number of benzene rings is 2. The summed E-state index contributed by atoms with van der Waals surface area (Å²) in [5.41, 5.74) is 6.15. The van der Waals surface area contributed by atoms with E-state index in [1.54, 1.807) is 20.8 Å². The highest BCUT2D eigenvalue weighted by Gasteiger charge is 2.46. The average Bonchev–Trinajstić information content (AvgIpc) is 3.45. The number of rotatable bonds is 10. The van der Waals surface area contributed by atoms with Gasteiger partial charge in [-0.2, -0.15) is 0 Å². The van der Waals surface area contributed by atoms with E-state index in [1.165, 1.54) is 4.90 Å². The second kappa shape index (κ2) is 15.6. The van der Waals surface area contributed by atoms with Crippen molar-refractivity contribution in [2.45, 2.75) is 88.7 Å². The summed E-state index contributed by atoms with van der Waals surface area (Å²) in [5, 5.41) is 18.0. The number of carbonyl (C=O) groups excluding carboxylic acids is 5. The van der Waals surface area contributed by atoms with Crippen molar-refractivity contribution in [2.75, 3.05) is 13.1 Å². The first-order valence-corrected chi connectivity index (χ1v) is 16.0. The number of amides is 6. The minimum absolute atomic E-state index is 0.0780. The molecule has 0 saturated carbocycles. The molecule has 2 heterocycles. The third-order valence-corrected chi connectivity index (χ3v) is 8.32. The standard InChI is InChI=1S/C34H44N6O8/c1-34(2,3)48-32(45)37-25-20-39(33(46)47)19-18-23-14-16-26(40(23)31(25)44)30(43)36-24(15-17-27(35)41)29(42)38-28(21-10-6-4-7-11-21)22-12-8-5-9-13-22/h4-13,23-26,28H,14-20H2,1-3H3,(H2,35,41)(H,36,43)(H,37,45)(H,38,42)(H,46,47)/t23-,24?,25+,26+/m1/s1. The molecule has 2 aromatic carbocycles. The van der Waals surface area contributed by atoms with E-state index in [0.29, 0.717) is 6.42 Å². The van der Waals surface area contributed by atoms with Crippen LogP contribution < -0.4 is 21.7 Å². The van der Waals surface area contributed by atoms with E-state index < -0.39 is 71.6 Å². The molecule has 2 aliphatic heterocycles. The fourth-order valence-electron chi connectivity index (χ4n) is 6.08. The first-order valence-electron chi connectivity index (χ1n) is 16.0. The molecule has 2 aliphatic rings. The van der Waals surface area contributed by atoms with Gasteiger partial charge < -0.3 is 41.3 Å². The summed E-state index contributed by atoms with van der Waals surface area (Å²) >= 11 is 0. The zero-order chi connectivity index (χ0) is 35.0. The lowest BCUT2D eigenvalue weighted by Crippen LogP contribution is -2.62. The molecule has 14 nitrogen and oxygen atoms in total. The van der Waals surface area contributed by atoms with Gasteiger partial charge in [-0.25, -0.2) is 9.59 Å². The van der Waals surface area contributed by atoms with Crippen LogP contribution in [0, 0.1) is 0 Å². The molecule has 1 unspecified atom stereocenters. The molecule has 0 spiro atoms. The number of nitrogens with zero attached hydrogens (tertiary/aromatic N) is 2. The topological polar surface area (TPSA) is 200 Å². The molecular weight excluding hydrogens is 620 g/mol.